The van der Waals surface area contributed by atoms with Crippen LogP contribution in [0.3, 0.4) is 0 Å². The molecular formula is C14H17IN4O2. The average molecular weight is 400 g/mol. The number of nitrogens with zero attached hydrogens (tertiary/aromatic N) is 3. The zero-order valence-electron chi connectivity index (χ0n) is 12.3. The summed E-state index contributed by atoms with van der Waals surface area (Å²) in [6, 6.07) is 3.11. The van der Waals surface area contributed by atoms with Gasteiger partial charge in [0.15, 0.2) is 0 Å². The monoisotopic (exact) mass is 400 g/mol. The van der Waals surface area contributed by atoms with Gasteiger partial charge in [-0.3, -0.25) is 10.1 Å². The number of aromatic nitrogens is 2. The van der Waals surface area contributed by atoms with E-state index in [0.717, 1.165) is 20.6 Å². The standard InChI is InChI=1S/C14H17IN4O2/c1-7(2)13-9(4)18(17-14(13)15)11-6-10(16)12(19(20)21)5-8(11)3/h5-7H,16H2,1-4H3. The third-order valence-corrected chi connectivity index (χ3v) is 4.26. The van der Waals surface area contributed by atoms with Gasteiger partial charge in [0.2, 0.25) is 0 Å². The number of hydrogen-bond donors (Lipinski definition) is 1. The lowest BCUT2D eigenvalue weighted by Gasteiger charge is -2.11. The van der Waals surface area contributed by atoms with Gasteiger partial charge >= 0.3 is 0 Å². The van der Waals surface area contributed by atoms with Crippen molar-refractivity contribution in [2.24, 2.45) is 0 Å². The third kappa shape index (κ3) is 2.74. The Labute approximate surface area is 136 Å². The summed E-state index contributed by atoms with van der Waals surface area (Å²) in [6.45, 7) is 8.06. The Morgan fingerprint density at radius 2 is 2.00 bits per heavy atom. The van der Waals surface area contributed by atoms with Crippen molar-refractivity contribution in [2.75, 3.05) is 5.73 Å². The fourth-order valence-corrected chi connectivity index (χ4v) is 3.68. The lowest BCUT2D eigenvalue weighted by molar-refractivity contribution is -0.383. The molecule has 1 heterocycles. The molecule has 0 atom stereocenters. The number of hydrogen-bond acceptors (Lipinski definition) is 4. The normalized spacial score (nSPS) is 11.1. The largest absolute Gasteiger partial charge is 0.393 e. The fourth-order valence-electron chi connectivity index (χ4n) is 2.45. The number of anilines is 1. The SMILES string of the molecule is Cc1cc([N+](=O)[O-])c(N)cc1-n1nc(I)c(C(C)C)c1C. The van der Waals surface area contributed by atoms with E-state index in [9.17, 15) is 10.1 Å². The van der Waals surface area contributed by atoms with E-state index >= 15 is 0 Å². The van der Waals surface area contributed by atoms with E-state index in [-0.39, 0.29) is 11.4 Å². The maximum atomic E-state index is 10.9. The molecule has 0 fully saturated rings. The molecule has 2 aromatic rings. The number of rotatable bonds is 3. The molecule has 1 aromatic heterocycles. The first kappa shape index (κ1) is 15.7. The van der Waals surface area contributed by atoms with Crippen molar-refractivity contribution in [3.8, 4) is 5.69 Å². The van der Waals surface area contributed by atoms with Gasteiger partial charge < -0.3 is 5.73 Å². The van der Waals surface area contributed by atoms with Crippen molar-refractivity contribution in [1.82, 2.24) is 9.78 Å². The fraction of sp³-hybridized carbons (Fsp3) is 0.357. The van der Waals surface area contributed by atoms with Crippen LogP contribution >= 0.6 is 22.6 Å². The molecule has 0 aliphatic heterocycles. The van der Waals surface area contributed by atoms with Crippen LogP contribution in [-0.4, -0.2) is 14.7 Å². The first-order chi connectivity index (χ1) is 9.73. The highest BCUT2D eigenvalue weighted by atomic mass is 127. The van der Waals surface area contributed by atoms with Crippen LogP contribution in [0.5, 0.6) is 0 Å². The molecule has 0 radical (unpaired) electrons. The van der Waals surface area contributed by atoms with Crippen LogP contribution in [0.2, 0.25) is 0 Å². The van der Waals surface area contributed by atoms with Crippen LogP contribution in [0.25, 0.3) is 5.69 Å². The molecule has 2 N–H and O–H groups in total. The predicted octanol–water partition coefficient (Wildman–Crippen LogP) is 3.71. The Kier molecular flexibility index (Phi) is 4.22. The summed E-state index contributed by atoms with van der Waals surface area (Å²) in [7, 11) is 0. The minimum Gasteiger partial charge on any atom is -0.393 e. The zero-order valence-corrected chi connectivity index (χ0v) is 14.5. The Morgan fingerprint density at radius 1 is 1.38 bits per heavy atom. The molecule has 0 bridgehead atoms. The van der Waals surface area contributed by atoms with Crippen LogP contribution in [-0.2, 0) is 0 Å². The summed E-state index contributed by atoms with van der Waals surface area (Å²) in [5.74, 6) is 0.362. The lowest BCUT2D eigenvalue weighted by atomic mass is 10.0. The number of aryl methyl sites for hydroxylation is 1. The summed E-state index contributed by atoms with van der Waals surface area (Å²) < 4.78 is 2.75. The van der Waals surface area contributed by atoms with Crippen LogP contribution < -0.4 is 5.73 Å². The highest BCUT2D eigenvalue weighted by molar-refractivity contribution is 14.1. The molecule has 21 heavy (non-hydrogen) atoms. The van der Waals surface area contributed by atoms with Gasteiger partial charge in [-0.25, -0.2) is 4.68 Å². The minimum absolute atomic E-state index is 0.0696. The van der Waals surface area contributed by atoms with Crippen molar-refractivity contribution in [1.29, 1.82) is 0 Å². The van der Waals surface area contributed by atoms with E-state index in [1.165, 1.54) is 11.6 Å². The van der Waals surface area contributed by atoms with Crippen molar-refractivity contribution >= 4 is 34.0 Å². The van der Waals surface area contributed by atoms with E-state index < -0.39 is 4.92 Å². The highest BCUT2D eigenvalue weighted by Crippen LogP contribution is 2.31. The number of nitro groups is 1. The molecule has 7 heteroatoms. The summed E-state index contributed by atoms with van der Waals surface area (Å²) in [5.41, 5.74) is 9.65. The Balaban J connectivity index is 2.66. The summed E-state index contributed by atoms with van der Waals surface area (Å²) in [6.07, 6.45) is 0. The maximum Gasteiger partial charge on any atom is 0.292 e. The maximum absolute atomic E-state index is 10.9. The molecule has 2 rings (SSSR count). The third-order valence-electron chi connectivity index (χ3n) is 3.47. The topological polar surface area (TPSA) is 87.0 Å². The molecule has 0 spiro atoms. The van der Waals surface area contributed by atoms with E-state index in [0.29, 0.717) is 5.92 Å². The van der Waals surface area contributed by atoms with Gasteiger partial charge in [-0.15, -0.1) is 0 Å². The second-order valence-electron chi connectivity index (χ2n) is 5.31. The van der Waals surface area contributed by atoms with Crippen molar-refractivity contribution in [3.05, 3.63) is 42.8 Å². The Bertz CT molecular complexity index is 722. The smallest absolute Gasteiger partial charge is 0.292 e. The van der Waals surface area contributed by atoms with E-state index in [1.54, 1.807) is 6.07 Å². The molecule has 6 nitrogen and oxygen atoms in total. The van der Waals surface area contributed by atoms with Gasteiger partial charge in [-0.2, -0.15) is 5.10 Å². The molecule has 112 valence electrons. The number of nitrogens with two attached hydrogens (primary N) is 1. The second kappa shape index (κ2) is 5.63. The first-order valence-corrected chi connectivity index (χ1v) is 7.61. The van der Waals surface area contributed by atoms with Gasteiger partial charge in [0.25, 0.3) is 5.69 Å². The van der Waals surface area contributed by atoms with Crippen LogP contribution in [0.4, 0.5) is 11.4 Å². The second-order valence-corrected chi connectivity index (χ2v) is 6.33. The first-order valence-electron chi connectivity index (χ1n) is 6.54. The van der Waals surface area contributed by atoms with E-state index in [4.69, 9.17) is 5.73 Å². The summed E-state index contributed by atoms with van der Waals surface area (Å²) >= 11 is 2.22. The van der Waals surface area contributed by atoms with Crippen LogP contribution in [0, 0.1) is 27.7 Å². The number of halogens is 1. The van der Waals surface area contributed by atoms with E-state index in [2.05, 4.69) is 41.5 Å². The van der Waals surface area contributed by atoms with Gasteiger partial charge in [0.1, 0.15) is 9.39 Å². The van der Waals surface area contributed by atoms with Gasteiger partial charge in [0, 0.05) is 17.3 Å². The average Bonchev–Trinajstić information content (AvgIpc) is 2.66. The molecule has 0 saturated carbocycles. The van der Waals surface area contributed by atoms with Gasteiger partial charge in [-0.1, -0.05) is 13.8 Å². The van der Waals surface area contributed by atoms with Crippen molar-refractivity contribution < 1.29 is 4.92 Å². The highest BCUT2D eigenvalue weighted by Gasteiger charge is 2.20. The molecule has 0 amide bonds. The molecule has 1 aromatic carbocycles. The van der Waals surface area contributed by atoms with Crippen LogP contribution in [0.1, 0.15) is 36.6 Å². The molecule has 0 aliphatic rings. The summed E-state index contributed by atoms with van der Waals surface area (Å²) in [4.78, 5) is 10.5. The molecule has 0 unspecified atom stereocenters. The zero-order chi connectivity index (χ0) is 15.9. The molecule has 0 aliphatic carbocycles. The Hall–Kier alpha value is -1.64. The molecule has 0 saturated heterocycles. The van der Waals surface area contributed by atoms with Crippen molar-refractivity contribution in [2.45, 2.75) is 33.6 Å². The van der Waals surface area contributed by atoms with Gasteiger partial charge in [-0.05, 0) is 54.0 Å². The predicted molar refractivity (Wildman–Crippen MR) is 90.9 cm³/mol. The van der Waals surface area contributed by atoms with Gasteiger partial charge in [0.05, 0.1) is 10.6 Å². The van der Waals surface area contributed by atoms with E-state index in [1.807, 2.05) is 18.5 Å². The van der Waals surface area contributed by atoms with Crippen molar-refractivity contribution in [3.63, 3.8) is 0 Å². The molecular weight excluding hydrogens is 383 g/mol. The number of nitrogen functional groups attached to an aromatic ring is 1. The number of benzene rings is 1. The van der Waals surface area contributed by atoms with Crippen LogP contribution in [0.15, 0.2) is 12.1 Å². The minimum atomic E-state index is -0.467. The Morgan fingerprint density at radius 3 is 2.48 bits per heavy atom. The summed E-state index contributed by atoms with van der Waals surface area (Å²) in [5, 5.41) is 15.5. The quantitative estimate of drug-likeness (QED) is 0.368. The lowest BCUT2D eigenvalue weighted by Crippen LogP contribution is -2.05. The number of nitro benzene ring substituents is 1.